The van der Waals surface area contributed by atoms with E-state index < -0.39 is 29.5 Å². The van der Waals surface area contributed by atoms with Crippen LogP contribution in [-0.2, 0) is 4.79 Å². The van der Waals surface area contributed by atoms with Gasteiger partial charge in [0.15, 0.2) is 11.6 Å². The van der Waals surface area contributed by atoms with Gasteiger partial charge in [-0.1, -0.05) is 0 Å². The quantitative estimate of drug-likeness (QED) is 0.801. The highest BCUT2D eigenvalue weighted by Crippen LogP contribution is 2.35. The number of aliphatic carboxylic acids is 1. The molecule has 0 radical (unpaired) electrons. The number of carbonyl (C=O) groups is 1. The van der Waals surface area contributed by atoms with Crippen LogP contribution in [0.1, 0.15) is 12.8 Å². The molecule has 1 fully saturated rings. The van der Waals surface area contributed by atoms with Crippen LogP contribution in [0, 0.1) is 23.4 Å². The summed E-state index contributed by atoms with van der Waals surface area (Å²) >= 11 is 0. The maximum Gasteiger partial charge on any atom is 0.326 e. The standard InChI is InChI=1S/C11H10F3NO2/c12-6-3-8(14)9(4-7(6)13)15-10(11(16)17)5-1-2-5/h3-5,10,15H,1-2H2,(H,16,17). The first kappa shape index (κ1) is 11.8. The molecule has 0 amide bonds. The molecule has 92 valence electrons. The molecular weight excluding hydrogens is 235 g/mol. The molecule has 0 heterocycles. The Kier molecular flexibility index (Phi) is 2.95. The highest BCUT2D eigenvalue weighted by molar-refractivity contribution is 5.78. The molecule has 1 saturated carbocycles. The Morgan fingerprint density at radius 3 is 2.35 bits per heavy atom. The minimum Gasteiger partial charge on any atom is -0.480 e. The maximum absolute atomic E-state index is 13.3. The van der Waals surface area contributed by atoms with Gasteiger partial charge in [0.1, 0.15) is 11.9 Å². The van der Waals surface area contributed by atoms with Crippen LogP contribution in [0.3, 0.4) is 0 Å². The molecule has 1 aromatic rings. The summed E-state index contributed by atoms with van der Waals surface area (Å²) in [6, 6.07) is 0.0567. The number of halogens is 3. The Balaban J connectivity index is 2.22. The summed E-state index contributed by atoms with van der Waals surface area (Å²) in [6.07, 6.45) is 1.46. The highest BCUT2D eigenvalue weighted by Gasteiger charge is 2.36. The molecule has 1 unspecified atom stereocenters. The molecule has 1 aliphatic rings. The Hall–Kier alpha value is -1.72. The van der Waals surface area contributed by atoms with Gasteiger partial charge in [-0.15, -0.1) is 0 Å². The Morgan fingerprint density at radius 2 is 1.82 bits per heavy atom. The SMILES string of the molecule is O=C(O)C(Nc1cc(F)c(F)cc1F)C1CC1. The average molecular weight is 245 g/mol. The van der Waals surface area contributed by atoms with E-state index in [1.54, 1.807) is 0 Å². The summed E-state index contributed by atoms with van der Waals surface area (Å²) in [5.41, 5.74) is -0.330. The van der Waals surface area contributed by atoms with E-state index in [0.717, 1.165) is 12.8 Å². The highest BCUT2D eigenvalue weighted by atomic mass is 19.2. The van der Waals surface area contributed by atoms with Gasteiger partial charge in [-0.05, 0) is 18.8 Å². The smallest absolute Gasteiger partial charge is 0.326 e. The lowest BCUT2D eigenvalue weighted by Crippen LogP contribution is -2.31. The topological polar surface area (TPSA) is 49.3 Å². The second kappa shape index (κ2) is 4.27. The fourth-order valence-electron chi connectivity index (χ4n) is 1.61. The van der Waals surface area contributed by atoms with Crippen LogP contribution in [0.2, 0.25) is 0 Å². The number of benzene rings is 1. The first-order chi connectivity index (χ1) is 7.99. The van der Waals surface area contributed by atoms with Gasteiger partial charge in [-0.25, -0.2) is 18.0 Å². The third-order valence-corrected chi connectivity index (χ3v) is 2.68. The molecule has 0 bridgehead atoms. The van der Waals surface area contributed by atoms with E-state index in [0.29, 0.717) is 12.1 Å². The molecule has 0 saturated heterocycles. The zero-order valence-corrected chi connectivity index (χ0v) is 8.71. The Morgan fingerprint density at radius 1 is 1.24 bits per heavy atom. The average Bonchev–Trinajstić information content (AvgIpc) is 3.04. The summed E-state index contributed by atoms with van der Waals surface area (Å²) in [5.74, 6) is -4.73. The van der Waals surface area contributed by atoms with E-state index in [-0.39, 0.29) is 11.6 Å². The van der Waals surface area contributed by atoms with E-state index in [2.05, 4.69) is 5.32 Å². The molecule has 1 atom stereocenters. The lowest BCUT2D eigenvalue weighted by atomic mass is 10.1. The van der Waals surface area contributed by atoms with Crippen molar-refractivity contribution in [2.75, 3.05) is 5.32 Å². The first-order valence-corrected chi connectivity index (χ1v) is 5.13. The maximum atomic E-state index is 13.3. The molecule has 1 aromatic carbocycles. The minimum absolute atomic E-state index is 0.0833. The summed E-state index contributed by atoms with van der Waals surface area (Å²) < 4.78 is 38.8. The number of carboxylic acids is 1. The van der Waals surface area contributed by atoms with E-state index in [1.807, 2.05) is 0 Å². The van der Waals surface area contributed by atoms with Crippen LogP contribution in [0.4, 0.5) is 18.9 Å². The molecule has 0 aromatic heterocycles. The van der Waals surface area contributed by atoms with Gasteiger partial charge in [-0.3, -0.25) is 0 Å². The third-order valence-electron chi connectivity index (χ3n) is 2.68. The third kappa shape index (κ3) is 2.51. The van der Waals surface area contributed by atoms with E-state index in [1.165, 1.54) is 0 Å². The lowest BCUT2D eigenvalue weighted by Gasteiger charge is -2.15. The van der Waals surface area contributed by atoms with Gasteiger partial charge >= 0.3 is 5.97 Å². The summed E-state index contributed by atoms with van der Waals surface area (Å²) in [4.78, 5) is 10.9. The number of anilines is 1. The molecular formula is C11H10F3NO2. The van der Waals surface area contributed by atoms with Crippen LogP contribution >= 0.6 is 0 Å². The van der Waals surface area contributed by atoms with Gasteiger partial charge in [0.05, 0.1) is 5.69 Å². The van der Waals surface area contributed by atoms with E-state index >= 15 is 0 Å². The Labute approximate surface area is 95.3 Å². The molecule has 3 nitrogen and oxygen atoms in total. The fourth-order valence-corrected chi connectivity index (χ4v) is 1.61. The number of rotatable bonds is 4. The van der Waals surface area contributed by atoms with E-state index in [4.69, 9.17) is 5.11 Å². The van der Waals surface area contributed by atoms with Crippen LogP contribution in [0.5, 0.6) is 0 Å². The van der Waals surface area contributed by atoms with Crippen molar-refractivity contribution in [2.45, 2.75) is 18.9 Å². The zero-order chi connectivity index (χ0) is 12.6. The van der Waals surface area contributed by atoms with Crippen LogP contribution < -0.4 is 5.32 Å². The number of hydrogen-bond acceptors (Lipinski definition) is 2. The van der Waals surface area contributed by atoms with Gasteiger partial charge in [0.2, 0.25) is 0 Å². The minimum atomic E-state index is -1.30. The molecule has 2 N–H and O–H groups in total. The zero-order valence-electron chi connectivity index (χ0n) is 8.71. The van der Waals surface area contributed by atoms with Crippen LogP contribution in [-0.4, -0.2) is 17.1 Å². The van der Waals surface area contributed by atoms with Gasteiger partial charge in [-0.2, -0.15) is 0 Å². The lowest BCUT2D eigenvalue weighted by molar-refractivity contribution is -0.138. The number of carboxylic acid groups (broad SMARTS) is 1. The summed E-state index contributed by atoms with van der Waals surface area (Å²) in [6.45, 7) is 0. The molecule has 0 aliphatic heterocycles. The second-order valence-electron chi connectivity index (χ2n) is 4.04. The number of nitrogens with one attached hydrogen (secondary N) is 1. The molecule has 6 heteroatoms. The van der Waals surface area contributed by atoms with Crippen LogP contribution in [0.15, 0.2) is 12.1 Å². The van der Waals surface area contributed by atoms with Crippen molar-refractivity contribution in [1.82, 2.24) is 0 Å². The van der Waals surface area contributed by atoms with Crippen molar-refractivity contribution in [2.24, 2.45) is 5.92 Å². The van der Waals surface area contributed by atoms with Crippen molar-refractivity contribution in [1.29, 1.82) is 0 Å². The predicted octanol–water partition coefficient (Wildman–Crippen LogP) is 2.38. The number of hydrogen-bond donors (Lipinski definition) is 2. The largest absolute Gasteiger partial charge is 0.480 e. The molecule has 1 aliphatic carbocycles. The molecule has 17 heavy (non-hydrogen) atoms. The molecule has 0 spiro atoms. The second-order valence-corrected chi connectivity index (χ2v) is 4.04. The van der Waals surface area contributed by atoms with Crippen molar-refractivity contribution in [3.63, 3.8) is 0 Å². The summed E-state index contributed by atoms with van der Waals surface area (Å²) in [5, 5.41) is 11.3. The predicted molar refractivity (Wildman–Crippen MR) is 54.1 cm³/mol. The monoisotopic (exact) mass is 245 g/mol. The van der Waals surface area contributed by atoms with Gasteiger partial charge in [0, 0.05) is 12.1 Å². The van der Waals surface area contributed by atoms with Crippen molar-refractivity contribution < 1.29 is 23.1 Å². The van der Waals surface area contributed by atoms with Crippen LogP contribution in [0.25, 0.3) is 0 Å². The van der Waals surface area contributed by atoms with Gasteiger partial charge < -0.3 is 10.4 Å². The summed E-state index contributed by atoms with van der Waals surface area (Å²) in [7, 11) is 0. The Bertz CT molecular complexity index is 460. The first-order valence-electron chi connectivity index (χ1n) is 5.13. The van der Waals surface area contributed by atoms with Crippen molar-refractivity contribution in [3.8, 4) is 0 Å². The fraction of sp³-hybridized carbons (Fsp3) is 0.364. The van der Waals surface area contributed by atoms with Crippen molar-refractivity contribution >= 4 is 11.7 Å². The van der Waals surface area contributed by atoms with Gasteiger partial charge in [0.25, 0.3) is 0 Å². The normalized spacial score (nSPS) is 16.6. The molecule has 2 rings (SSSR count). The van der Waals surface area contributed by atoms with E-state index in [9.17, 15) is 18.0 Å². The van der Waals surface area contributed by atoms with Crippen molar-refractivity contribution in [3.05, 3.63) is 29.6 Å².